The lowest BCUT2D eigenvalue weighted by molar-refractivity contribution is 0.0732. The van der Waals surface area contributed by atoms with Crippen LogP contribution in [0.1, 0.15) is 33.6 Å². The number of nitrogens with one attached hydrogen (secondary N) is 1. The molecule has 4 nitrogen and oxygen atoms in total. The quantitative estimate of drug-likeness (QED) is 0.926. The number of rotatable bonds is 2. The van der Waals surface area contributed by atoms with Crippen molar-refractivity contribution in [2.24, 2.45) is 0 Å². The van der Waals surface area contributed by atoms with Crippen LogP contribution in [0.2, 0.25) is 0 Å². The Bertz CT molecular complexity index is 731. The van der Waals surface area contributed by atoms with Crippen molar-refractivity contribution in [3.8, 4) is 0 Å². The maximum absolute atomic E-state index is 12.9. The normalized spacial score (nSPS) is 19.0. The Kier molecular flexibility index (Phi) is 3.73. The Hall–Kier alpha value is -1.81. The van der Waals surface area contributed by atoms with E-state index in [1.165, 1.54) is 16.5 Å². The van der Waals surface area contributed by atoms with Gasteiger partial charge in [-0.1, -0.05) is 12.1 Å². The molecule has 1 saturated heterocycles. The standard InChI is InChI=1S/C18H25N3O/c1-11-6-7-12(2)16-15(11)13(3)17(19-16)18(22)21(5)14-8-9-20(4)10-14/h6-7,14,19H,8-10H2,1-5H3/t14-/m0/s1. The molecular weight excluding hydrogens is 274 g/mol. The average Bonchev–Trinajstić information content (AvgIpc) is 3.06. The minimum atomic E-state index is 0.104. The third kappa shape index (κ3) is 2.31. The molecule has 0 unspecified atom stereocenters. The second-order valence-electron chi connectivity index (χ2n) is 6.70. The summed E-state index contributed by atoms with van der Waals surface area (Å²) in [5.74, 6) is 0.104. The van der Waals surface area contributed by atoms with Crippen molar-refractivity contribution in [2.75, 3.05) is 27.2 Å². The summed E-state index contributed by atoms with van der Waals surface area (Å²) < 4.78 is 0. The first-order chi connectivity index (χ1) is 10.4. The summed E-state index contributed by atoms with van der Waals surface area (Å²) in [7, 11) is 4.04. The highest BCUT2D eigenvalue weighted by Gasteiger charge is 2.29. The van der Waals surface area contributed by atoms with E-state index in [0.717, 1.165) is 36.3 Å². The molecule has 1 N–H and O–H groups in total. The van der Waals surface area contributed by atoms with Crippen molar-refractivity contribution in [1.29, 1.82) is 0 Å². The summed E-state index contributed by atoms with van der Waals surface area (Å²) in [6.07, 6.45) is 1.05. The van der Waals surface area contributed by atoms with Crippen LogP contribution in [0.15, 0.2) is 12.1 Å². The van der Waals surface area contributed by atoms with Gasteiger partial charge in [0.15, 0.2) is 0 Å². The molecule has 1 amide bonds. The molecule has 0 spiro atoms. The van der Waals surface area contributed by atoms with E-state index in [2.05, 4.69) is 42.9 Å². The van der Waals surface area contributed by atoms with Crippen molar-refractivity contribution in [2.45, 2.75) is 33.2 Å². The Morgan fingerprint density at radius 1 is 1.27 bits per heavy atom. The van der Waals surface area contributed by atoms with Gasteiger partial charge in [-0.15, -0.1) is 0 Å². The predicted molar refractivity (Wildman–Crippen MR) is 90.5 cm³/mol. The largest absolute Gasteiger partial charge is 0.350 e. The molecular formula is C18H25N3O. The Balaban J connectivity index is 1.99. The molecule has 1 atom stereocenters. The number of likely N-dealkylation sites (tertiary alicyclic amines) is 1. The lowest BCUT2D eigenvalue weighted by Gasteiger charge is -2.24. The number of benzene rings is 1. The second-order valence-corrected chi connectivity index (χ2v) is 6.70. The number of carbonyl (C=O) groups excluding carboxylic acids is 1. The van der Waals surface area contributed by atoms with Crippen LogP contribution in [0, 0.1) is 20.8 Å². The summed E-state index contributed by atoms with van der Waals surface area (Å²) in [5.41, 5.74) is 5.31. The molecule has 1 aromatic carbocycles. The van der Waals surface area contributed by atoms with E-state index in [9.17, 15) is 4.79 Å². The molecule has 0 saturated carbocycles. The molecule has 1 fully saturated rings. The van der Waals surface area contributed by atoms with Crippen molar-refractivity contribution in [1.82, 2.24) is 14.8 Å². The molecule has 1 aliphatic heterocycles. The third-order valence-electron chi connectivity index (χ3n) is 5.07. The molecule has 1 aromatic heterocycles. The fourth-order valence-electron chi connectivity index (χ4n) is 3.58. The van der Waals surface area contributed by atoms with Crippen LogP contribution in [-0.2, 0) is 0 Å². The molecule has 4 heteroatoms. The van der Waals surface area contributed by atoms with Crippen molar-refractivity contribution in [3.63, 3.8) is 0 Å². The first kappa shape index (κ1) is 15.1. The van der Waals surface area contributed by atoms with Crippen molar-refractivity contribution in [3.05, 3.63) is 34.5 Å². The summed E-state index contributed by atoms with van der Waals surface area (Å²) in [6.45, 7) is 8.26. The van der Waals surface area contributed by atoms with Crippen molar-refractivity contribution >= 4 is 16.8 Å². The maximum Gasteiger partial charge on any atom is 0.270 e. The van der Waals surface area contributed by atoms with Crippen LogP contribution < -0.4 is 0 Å². The number of aromatic amines is 1. The number of nitrogens with zero attached hydrogens (tertiary/aromatic N) is 2. The zero-order valence-corrected chi connectivity index (χ0v) is 14.2. The molecule has 2 aromatic rings. The number of hydrogen-bond donors (Lipinski definition) is 1. The topological polar surface area (TPSA) is 39.3 Å². The van der Waals surface area contributed by atoms with E-state index in [1.807, 2.05) is 18.9 Å². The third-order valence-corrected chi connectivity index (χ3v) is 5.07. The zero-order chi connectivity index (χ0) is 16.0. The Labute approximate surface area is 132 Å². The van der Waals surface area contributed by atoms with E-state index in [4.69, 9.17) is 0 Å². The highest BCUT2D eigenvalue weighted by molar-refractivity contribution is 6.02. The summed E-state index contributed by atoms with van der Waals surface area (Å²) in [4.78, 5) is 20.5. The molecule has 0 aliphatic carbocycles. The molecule has 3 rings (SSSR count). The number of amides is 1. The van der Waals surface area contributed by atoms with E-state index in [1.54, 1.807) is 0 Å². The monoisotopic (exact) mass is 299 g/mol. The number of H-pyrrole nitrogens is 1. The Morgan fingerprint density at radius 2 is 1.95 bits per heavy atom. The van der Waals surface area contributed by atoms with Gasteiger partial charge in [0.25, 0.3) is 5.91 Å². The molecule has 1 aliphatic rings. The van der Waals surface area contributed by atoms with Gasteiger partial charge in [-0.25, -0.2) is 0 Å². The van der Waals surface area contributed by atoms with E-state index < -0.39 is 0 Å². The minimum absolute atomic E-state index is 0.104. The second kappa shape index (κ2) is 5.43. The zero-order valence-electron chi connectivity index (χ0n) is 14.2. The number of fused-ring (bicyclic) bond motifs is 1. The molecule has 118 valence electrons. The van der Waals surface area contributed by atoms with Gasteiger partial charge in [-0.2, -0.15) is 0 Å². The lowest BCUT2D eigenvalue weighted by atomic mass is 10.0. The summed E-state index contributed by atoms with van der Waals surface area (Å²) in [6, 6.07) is 4.55. The number of aromatic nitrogens is 1. The van der Waals surface area contributed by atoms with Crippen LogP contribution in [-0.4, -0.2) is 53.9 Å². The SMILES string of the molecule is Cc1ccc(C)c2c(C)c(C(=O)N(C)[C@H]3CCN(C)C3)[nH]c12. The highest BCUT2D eigenvalue weighted by Crippen LogP contribution is 2.28. The van der Waals surface area contributed by atoms with Crippen LogP contribution in [0.3, 0.4) is 0 Å². The van der Waals surface area contributed by atoms with Gasteiger partial charge in [-0.05, 0) is 57.5 Å². The highest BCUT2D eigenvalue weighted by atomic mass is 16.2. The average molecular weight is 299 g/mol. The maximum atomic E-state index is 12.9. The number of carbonyl (C=O) groups is 1. The van der Waals surface area contributed by atoms with Gasteiger partial charge in [0.2, 0.25) is 0 Å². The minimum Gasteiger partial charge on any atom is -0.350 e. The first-order valence-corrected chi connectivity index (χ1v) is 7.94. The van der Waals surface area contributed by atoms with Crippen LogP contribution in [0.4, 0.5) is 0 Å². The number of likely N-dealkylation sites (N-methyl/N-ethyl adjacent to an activating group) is 2. The summed E-state index contributed by atoms with van der Waals surface area (Å²) in [5, 5.41) is 1.19. The van der Waals surface area contributed by atoms with Crippen LogP contribution in [0.5, 0.6) is 0 Å². The fourth-order valence-corrected chi connectivity index (χ4v) is 3.58. The predicted octanol–water partition coefficient (Wildman–Crippen LogP) is 2.87. The van der Waals surface area contributed by atoms with Gasteiger partial charge in [0.1, 0.15) is 5.69 Å². The Morgan fingerprint density at radius 3 is 2.55 bits per heavy atom. The summed E-state index contributed by atoms with van der Waals surface area (Å²) >= 11 is 0. The van der Waals surface area contributed by atoms with E-state index in [0.29, 0.717) is 6.04 Å². The smallest absolute Gasteiger partial charge is 0.270 e. The van der Waals surface area contributed by atoms with Gasteiger partial charge in [-0.3, -0.25) is 4.79 Å². The van der Waals surface area contributed by atoms with E-state index in [-0.39, 0.29) is 5.91 Å². The van der Waals surface area contributed by atoms with E-state index >= 15 is 0 Å². The number of aryl methyl sites for hydroxylation is 3. The molecule has 0 bridgehead atoms. The van der Waals surface area contributed by atoms with Gasteiger partial charge < -0.3 is 14.8 Å². The molecule has 0 radical (unpaired) electrons. The van der Waals surface area contributed by atoms with Crippen LogP contribution in [0.25, 0.3) is 10.9 Å². The molecule has 2 heterocycles. The van der Waals surface area contributed by atoms with Crippen molar-refractivity contribution < 1.29 is 4.79 Å². The molecule has 22 heavy (non-hydrogen) atoms. The number of hydrogen-bond acceptors (Lipinski definition) is 2. The fraction of sp³-hybridized carbons (Fsp3) is 0.500. The first-order valence-electron chi connectivity index (χ1n) is 7.94. The van der Waals surface area contributed by atoms with Gasteiger partial charge in [0.05, 0.1) is 0 Å². The van der Waals surface area contributed by atoms with Crippen LogP contribution >= 0.6 is 0 Å². The lowest BCUT2D eigenvalue weighted by Crippen LogP contribution is -2.39. The van der Waals surface area contributed by atoms with Gasteiger partial charge in [0, 0.05) is 30.5 Å². The van der Waals surface area contributed by atoms with Gasteiger partial charge >= 0.3 is 0 Å².